The highest BCUT2D eigenvalue weighted by molar-refractivity contribution is 5.92. The van der Waals surface area contributed by atoms with E-state index in [1.807, 2.05) is 105 Å². The Balaban J connectivity index is 1.85. The lowest BCUT2D eigenvalue weighted by Crippen LogP contribution is -2.55. The summed E-state index contributed by atoms with van der Waals surface area (Å²) >= 11 is 0. The monoisotopic (exact) mass is 686 g/mol. The average molecular weight is 687 g/mol. The highest BCUT2D eigenvalue weighted by Crippen LogP contribution is 2.20. The average Bonchev–Trinajstić information content (AvgIpc) is 3.07. The molecule has 12 heteroatoms. The quantitative estimate of drug-likeness (QED) is 0.0922. The van der Waals surface area contributed by atoms with Gasteiger partial charge in [0.1, 0.15) is 12.1 Å². The topological polar surface area (TPSA) is 220 Å². The number of nitrogens with two attached hydrogens (primary N) is 3. The van der Waals surface area contributed by atoms with Crippen molar-refractivity contribution in [1.82, 2.24) is 16.0 Å². The van der Waals surface area contributed by atoms with Crippen LogP contribution in [0.4, 0.5) is 0 Å². The van der Waals surface area contributed by atoms with Gasteiger partial charge < -0.3 is 38.3 Å². The van der Waals surface area contributed by atoms with Crippen molar-refractivity contribution in [3.8, 4) is 0 Å². The molecule has 0 saturated heterocycles. The Morgan fingerprint density at radius 2 is 1.10 bits per heavy atom. The summed E-state index contributed by atoms with van der Waals surface area (Å²) in [6.07, 6.45) is -0.792. The van der Waals surface area contributed by atoms with Crippen molar-refractivity contribution in [3.63, 3.8) is 0 Å². The minimum atomic E-state index is -1.23. The minimum Gasteiger partial charge on any atom is -0.391 e. The molecule has 0 aliphatic rings. The highest BCUT2D eigenvalue weighted by atomic mass is 16.3. The van der Waals surface area contributed by atoms with Crippen molar-refractivity contribution in [2.75, 3.05) is 0 Å². The smallest absolute Gasteiger partial charge is 0.243 e. The Labute approximate surface area is 293 Å². The van der Waals surface area contributed by atoms with Gasteiger partial charge in [-0.05, 0) is 48.3 Å². The summed E-state index contributed by atoms with van der Waals surface area (Å²) in [6.45, 7) is 3.82. The molecule has 0 saturated carbocycles. The van der Waals surface area contributed by atoms with Gasteiger partial charge >= 0.3 is 0 Å². The van der Waals surface area contributed by atoms with Gasteiger partial charge in [0.25, 0.3) is 0 Å². The molecule has 0 aromatic heterocycles. The molecule has 3 aromatic rings. The van der Waals surface area contributed by atoms with Crippen molar-refractivity contribution < 1.29 is 29.1 Å². The van der Waals surface area contributed by atoms with E-state index in [9.17, 15) is 29.1 Å². The van der Waals surface area contributed by atoms with Crippen LogP contribution in [0.5, 0.6) is 0 Å². The number of aliphatic hydroxyl groups is 1. The molecule has 6 unspecified atom stereocenters. The first-order valence-corrected chi connectivity index (χ1v) is 16.9. The molecule has 0 radical (unpaired) electrons. The van der Waals surface area contributed by atoms with Crippen molar-refractivity contribution in [2.24, 2.45) is 29.0 Å². The van der Waals surface area contributed by atoms with E-state index in [0.29, 0.717) is 0 Å². The van der Waals surface area contributed by atoms with Crippen molar-refractivity contribution in [2.45, 2.75) is 82.6 Å². The maximum absolute atomic E-state index is 14.1. The molecular formula is C38H50N6O6. The van der Waals surface area contributed by atoms with Gasteiger partial charge in [0.2, 0.25) is 29.5 Å². The van der Waals surface area contributed by atoms with Crippen LogP contribution >= 0.6 is 0 Å². The van der Waals surface area contributed by atoms with Crippen LogP contribution in [0.3, 0.4) is 0 Å². The molecule has 3 aromatic carbocycles. The van der Waals surface area contributed by atoms with Gasteiger partial charge in [0.05, 0.1) is 24.6 Å². The van der Waals surface area contributed by atoms with Gasteiger partial charge in [0, 0.05) is 12.3 Å². The van der Waals surface area contributed by atoms with E-state index in [1.54, 1.807) is 0 Å². The molecule has 0 aliphatic heterocycles. The molecular weight excluding hydrogens is 636 g/mol. The number of amides is 5. The Bertz CT molecular complexity index is 1540. The summed E-state index contributed by atoms with van der Waals surface area (Å²) < 4.78 is 0. The molecule has 0 fully saturated rings. The van der Waals surface area contributed by atoms with E-state index in [-0.39, 0.29) is 44.4 Å². The molecule has 0 spiro atoms. The van der Waals surface area contributed by atoms with E-state index in [1.165, 1.54) is 0 Å². The van der Waals surface area contributed by atoms with Gasteiger partial charge in [-0.3, -0.25) is 24.0 Å². The van der Waals surface area contributed by atoms with Gasteiger partial charge in [-0.2, -0.15) is 0 Å². The van der Waals surface area contributed by atoms with Crippen molar-refractivity contribution >= 4 is 29.5 Å². The van der Waals surface area contributed by atoms with Crippen LogP contribution in [-0.4, -0.2) is 64.9 Å². The van der Waals surface area contributed by atoms with Crippen LogP contribution in [-0.2, 0) is 43.2 Å². The first-order chi connectivity index (χ1) is 23.8. The number of primary amides is 2. The largest absolute Gasteiger partial charge is 0.391 e. The Kier molecular flexibility index (Phi) is 15.6. The molecule has 12 nitrogen and oxygen atoms in total. The molecule has 50 heavy (non-hydrogen) atoms. The number of hydrogen-bond donors (Lipinski definition) is 7. The van der Waals surface area contributed by atoms with Gasteiger partial charge in [-0.1, -0.05) is 105 Å². The lowest BCUT2D eigenvalue weighted by molar-refractivity contribution is -0.133. The fraction of sp³-hybridized carbons (Fsp3) is 0.395. The van der Waals surface area contributed by atoms with E-state index in [4.69, 9.17) is 17.2 Å². The first kappa shape index (κ1) is 39.4. The fourth-order valence-corrected chi connectivity index (χ4v) is 5.73. The molecule has 0 bridgehead atoms. The van der Waals surface area contributed by atoms with E-state index < -0.39 is 65.7 Å². The lowest BCUT2D eigenvalue weighted by Gasteiger charge is -2.30. The molecule has 6 atom stereocenters. The maximum Gasteiger partial charge on any atom is 0.243 e. The van der Waals surface area contributed by atoms with Crippen LogP contribution in [0.25, 0.3) is 0 Å². The number of hydrogen-bond acceptors (Lipinski definition) is 7. The number of benzene rings is 3. The Morgan fingerprint density at radius 1 is 0.620 bits per heavy atom. The van der Waals surface area contributed by atoms with Crippen LogP contribution in [0.2, 0.25) is 0 Å². The number of rotatable bonds is 20. The highest BCUT2D eigenvalue weighted by Gasteiger charge is 2.33. The number of carbonyl (C=O) groups excluding carboxylic acids is 5. The van der Waals surface area contributed by atoms with Crippen LogP contribution in [0, 0.1) is 11.8 Å². The second-order valence-corrected chi connectivity index (χ2v) is 13.1. The first-order valence-electron chi connectivity index (χ1n) is 16.9. The van der Waals surface area contributed by atoms with E-state index >= 15 is 0 Å². The zero-order valence-electron chi connectivity index (χ0n) is 28.7. The van der Waals surface area contributed by atoms with Crippen molar-refractivity contribution in [1.29, 1.82) is 0 Å². The van der Waals surface area contributed by atoms with Crippen LogP contribution in [0.1, 0.15) is 49.8 Å². The second-order valence-electron chi connectivity index (χ2n) is 13.1. The summed E-state index contributed by atoms with van der Waals surface area (Å²) in [6, 6.07) is 23.5. The third-order valence-electron chi connectivity index (χ3n) is 8.35. The van der Waals surface area contributed by atoms with Crippen molar-refractivity contribution in [3.05, 3.63) is 108 Å². The molecule has 3 rings (SSSR count). The van der Waals surface area contributed by atoms with Gasteiger partial charge in [0.15, 0.2) is 0 Å². The van der Waals surface area contributed by atoms with E-state index in [0.717, 1.165) is 16.7 Å². The predicted octanol–water partition coefficient (Wildman–Crippen LogP) is 1.27. The summed E-state index contributed by atoms with van der Waals surface area (Å²) in [7, 11) is 0. The zero-order chi connectivity index (χ0) is 36.6. The third-order valence-corrected chi connectivity index (χ3v) is 8.35. The number of aliphatic hydroxyl groups excluding tert-OH is 1. The van der Waals surface area contributed by atoms with Gasteiger partial charge in [-0.25, -0.2) is 0 Å². The zero-order valence-corrected chi connectivity index (χ0v) is 28.7. The van der Waals surface area contributed by atoms with E-state index in [2.05, 4.69) is 16.0 Å². The molecule has 0 heterocycles. The Hall–Kier alpha value is -5.07. The lowest BCUT2D eigenvalue weighted by atomic mass is 9.88. The standard InChI is InChI=1S/C38H50N6O6/c1-24(2)18-32(38(50)43-31(35(41)47)21-27-16-10-5-11-17-27)44-36(48)28(19-25-12-6-3-7-13-25)22-33(45)30(20-26-14-8-4-9-15-26)42-37(49)29(39)23-34(40)46/h3-17,24,28-33,45H,18-23,39H2,1-2H3,(H2,40,46)(H2,41,47)(H,42,49)(H,43,50)(H,44,48). The number of carbonyl (C=O) groups is 5. The second kappa shape index (κ2) is 19.8. The predicted molar refractivity (Wildman–Crippen MR) is 191 cm³/mol. The molecule has 5 amide bonds. The SMILES string of the molecule is CC(C)CC(NC(=O)C(Cc1ccccc1)CC(O)C(Cc1ccccc1)NC(=O)C(N)CC(N)=O)C(=O)NC(Cc1ccccc1)C(N)=O. The Morgan fingerprint density at radius 3 is 1.58 bits per heavy atom. The molecule has 0 aliphatic carbocycles. The van der Waals surface area contributed by atoms with Crippen LogP contribution < -0.4 is 33.2 Å². The normalized spacial score (nSPS) is 14.7. The summed E-state index contributed by atoms with van der Waals surface area (Å²) in [4.78, 5) is 64.4. The summed E-state index contributed by atoms with van der Waals surface area (Å²) in [5.41, 5.74) is 19.3. The summed E-state index contributed by atoms with van der Waals surface area (Å²) in [5.74, 6) is -3.98. The molecule has 268 valence electrons. The van der Waals surface area contributed by atoms with Crippen LogP contribution in [0.15, 0.2) is 91.0 Å². The molecule has 10 N–H and O–H groups in total. The summed E-state index contributed by atoms with van der Waals surface area (Å²) in [5, 5.41) is 20.0. The van der Waals surface area contributed by atoms with Gasteiger partial charge in [-0.15, -0.1) is 0 Å². The minimum absolute atomic E-state index is 0.000409. The number of nitrogens with one attached hydrogen (secondary N) is 3. The maximum atomic E-state index is 14.1. The fourth-order valence-electron chi connectivity index (χ4n) is 5.73. The third kappa shape index (κ3) is 13.4.